The summed E-state index contributed by atoms with van der Waals surface area (Å²) in [6.07, 6.45) is 5.29. The standard InChI is InChI=1S/C9H15N3S/c1-12(2)8-11-6-7(13-8)5-9(10)3-4-9/h6H,3-5,10H2,1-2H3. The van der Waals surface area contributed by atoms with Gasteiger partial charge < -0.3 is 10.6 Å². The molecule has 0 unspecified atom stereocenters. The molecule has 1 aliphatic rings. The fourth-order valence-electron chi connectivity index (χ4n) is 1.27. The number of hydrogen-bond donors (Lipinski definition) is 1. The van der Waals surface area contributed by atoms with Crippen molar-refractivity contribution in [3.8, 4) is 0 Å². The molecule has 0 spiro atoms. The van der Waals surface area contributed by atoms with E-state index in [1.54, 1.807) is 11.3 Å². The van der Waals surface area contributed by atoms with Crippen LogP contribution in [-0.2, 0) is 6.42 Å². The number of aromatic nitrogens is 1. The third-order valence-electron chi connectivity index (χ3n) is 2.34. The van der Waals surface area contributed by atoms with E-state index in [0.29, 0.717) is 0 Å². The number of hydrogen-bond acceptors (Lipinski definition) is 4. The minimum Gasteiger partial charge on any atom is -0.354 e. The van der Waals surface area contributed by atoms with Crippen LogP contribution >= 0.6 is 11.3 Å². The van der Waals surface area contributed by atoms with Crippen molar-refractivity contribution >= 4 is 16.5 Å². The molecule has 0 aliphatic heterocycles. The van der Waals surface area contributed by atoms with Gasteiger partial charge in [-0.15, -0.1) is 11.3 Å². The molecule has 0 bridgehead atoms. The molecule has 1 aromatic rings. The van der Waals surface area contributed by atoms with Gasteiger partial charge in [-0.05, 0) is 12.8 Å². The normalized spacial score (nSPS) is 18.7. The molecular formula is C9H15N3S. The van der Waals surface area contributed by atoms with Crippen molar-refractivity contribution in [2.24, 2.45) is 5.73 Å². The molecule has 0 atom stereocenters. The molecule has 0 aromatic carbocycles. The van der Waals surface area contributed by atoms with Gasteiger partial charge in [-0.25, -0.2) is 4.98 Å². The van der Waals surface area contributed by atoms with Crippen LogP contribution in [0.1, 0.15) is 17.7 Å². The number of thiazole rings is 1. The molecule has 0 saturated heterocycles. The summed E-state index contributed by atoms with van der Waals surface area (Å²) in [6, 6.07) is 0. The highest BCUT2D eigenvalue weighted by atomic mass is 32.1. The summed E-state index contributed by atoms with van der Waals surface area (Å²) in [7, 11) is 4.02. The van der Waals surface area contributed by atoms with Gasteiger partial charge in [-0.3, -0.25) is 0 Å². The minimum absolute atomic E-state index is 0.107. The third-order valence-corrected chi connectivity index (χ3v) is 3.51. The molecule has 1 aromatic heterocycles. The predicted molar refractivity (Wildman–Crippen MR) is 56.3 cm³/mol. The van der Waals surface area contributed by atoms with E-state index in [1.165, 1.54) is 17.7 Å². The van der Waals surface area contributed by atoms with Crippen molar-refractivity contribution in [3.63, 3.8) is 0 Å². The van der Waals surface area contributed by atoms with Crippen LogP contribution in [0.15, 0.2) is 6.20 Å². The van der Waals surface area contributed by atoms with Gasteiger partial charge >= 0.3 is 0 Å². The maximum atomic E-state index is 6.03. The average Bonchev–Trinajstić information content (AvgIpc) is 2.62. The quantitative estimate of drug-likeness (QED) is 0.793. The molecule has 1 aliphatic carbocycles. The van der Waals surface area contributed by atoms with E-state index in [0.717, 1.165) is 11.6 Å². The van der Waals surface area contributed by atoms with Crippen molar-refractivity contribution in [3.05, 3.63) is 11.1 Å². The molecule has 0 amide bonds. The smallest absolute Gasteiger partial charge is 0.184 e. The first kappa shape index (κ1) is 8.97. The Balaban J connectivity index is 2.05. The summed E-state index contributed by atoms with van der Waals surface area (Å²) in [4.78, 5) is 7.66. The molecule has 3 nitrogen and oxygen atoms in total. The van der Waals surface area contributed by atoms with E-state index < -0.39 is 0 Å². The van der Waals surface area contributed by atoms with Crippen LogP contribution in [0.5, 0.6) is 0 Å². The Morgan fingerprint density at radius 3 is 2.77 bits per heavy atom. The summed E-state index contributed by atoms with van der Waals surface area (Å²) in [5, 5.41) is 1.07. The van der Waals surface area contributed by atoms with Crippen LogP contribution in [0.2, 0.25) is 0 Å². The molecule has 2 N–H and O–H groups in total. The van der Waals surface area contributed by atoms with Gasteiger partial charge in [0.25, 0.3) is 0 Å². The summed E-state index contributed by atoms with van der Waals surface area (Å²) in [5.41, 5.74) is 6.14. The van der Waals surface area contributed by atoms with Crippen molar-refractivity contribution in [2.75, 3.05) is 19.0 Å². The molecule has 13 heavy (non-hydrogen) atoms. The Morgan fingerprint density at radius 1 is 1.62 bits per heavy atom. The highest BCUT2D eigenvalue weighted by molar-refractivity contribution is 7.15. The zero-order valence-corrected chi connectivity index (χ0v) is 8.90. The minimum atomic E-state index is 0.107. The summed E-state index contributed by atoms with van der Waals surface area (Å²) >= 11 is 1.74. The largest absolute Gasteiger partial charge is 0.354 e. The van der Waals surface area contributed by atoms with Gasteiger partial charge in [0.15, 0.2) is 5.13 Å². The van der Waals surface area contributed by atoms with Crippen molar-refractivity contribution < 1.29 is 0 Å². The third kappa shape index (κ3) is 2.00. The second kappa shape index (κ2) is 2.96. The summed E-state index contributed by atoms with van der Waals surface area (Å²) in [5.74, 6) is 0. The number of rotatable bonds is 3. The Labute approximate surface area is 82.6 Å². The second-order valence-electron chi connectivity index (χ2n) is 4.04. The monoisotopic (exact) mass is 197 g/mol. The lowest BCUT2D eigenvalue weighted by Crippen LogP contribution is -2.23. The fourth-order valence-corrected chi connectivity index (χ4v) is 2.26. The Kier molecular flexibility index (Phi) is 2.04. The molecule has 1 saturated carbocycles. The molecule has 2 rings (SSSR count). The highest BCUT2D eigenvalue weighted by Crippen LogP contribution is 2.37. The number of nitrogens with two attached hydrogens (primary N) is 1. The van der Waals surface area contributed by atoms with Gasteiger partial charge in [0.1, 0.15) is 0 Å². The first-order valence-electron chi connectivity index (χ1n) is 4.50. The lowest BCUT2D eigenvalue weighted by Gasteiger charge is -2.06. The highest BCUT2D eigenvalue weighted by Gasteiger charge is 2.38. The van der Waals surface area contributed by atoms with E-state index in [4.69, 9.17) is 5.73 Å². The van der Waals surface area contributed by atoms with Gasteiger partial charge in [0.2, 0.25) is 0 Å². The first-order valence-corrected chi connectivity index (χ1v) is 5.32. The van der Waals surface area contributed by atoms with Crippen LogP contribution in [0, 0.1) is 0 Å². The SMILES string of the molecule is CN(C)c1ncc(CC2(N)CC2)s1. The van der Waals surface area contributed by atoms with Gasteiger partial charge in [0.05, 0.1) is 0 Å². The summed E-state index contributed by atoms with van der Waals surface area (Å²) in [6.45, 7) is 0. The molecule has 1 fully saturated rings. The van der Waals surface area contributed by atoms with E-state index in [-0.39, 0.29) is 5.54 Å². The first-order chi connectivity index (χ1) is 6.09. The van der Waals surface area contributed by atoms with Crippen LogP contribution in [-0.4, -0.2) is 24.6 Å². The predicted octanol–water partition coefficient (Wildman–Crippen LogP) is 1.24. The maximum absolute atomic E-state index is 6.03. The van der Waals surface area contributed by atoms with E-state index in [9.17, 15) is 0 Å². The maximum Gasteiger partial charge on any atom is 0.184 e. The second-order valence-corrected chi connectivity index (χ2v) is 5.14. The van der Waals surface area contributed by atoms with Crippen LogP contribution in [0.25, 0.3) is 0 Å². The van der Waals surface area contributed by atoms with Gasteiger partial charge in [-0.2, -0.15) is 0 Å². The van der Waals surface area contributed by atoms with Gasteiger partial charge in [0, 0.05) is 37.1 Å². The number of anilines is 1. The summed E-state index contributed by atoms with van der Waals surface area (Å²) < 4.78 is 0. The zero-order chi connectivity index (χ0) is 9.47. The fraction of sp³-hybridized carbons (Fsp3) is 0.667. The van der Waals surface area contributed by atoms with Gasteiger partial charge in [-0.1, -0.05) is 0 Å². The zero-order valence-electron chi connectivity index (χ0n) is 8.08. The van der Waals surface area contributed by atoms with E-state index >= 15 is 0 Å². The molecule has 72 valence electrons. The molecule has 0 radical (unpaired) electrons. The van der Waals surface area contributed by atoms with Crippen LogP contribution in [0.4, 0.5) is 5.13 Å². The van der Waals surface area contributed by atoms with E-state index in [1.807, 2.05) is 25.2 Å². The lowest BCUT2D eigenvalue weighted by atomic mass is 10.2. The van der Waals surface area contributed by atoms with Crippen LogP contribution in [0.3, 0.4) is 0 Å². The van der Waals surface area contributed by atoms with Crippen LogP contribution < -0.4 is 10.6 Å². The number of nitrogens with zero attached hydrogens (tertiary/aromatic N) is 2. The Bertz CT molecular complexity index is 302. The molecular weight excluding hydrogens is 182 g/mol. The Morgan fingerprint density at radius 2 is 2.31 bits per heavy atom. The lowest BCUT2D eigenvalue weighted by molar-refractivity contribution is 0.678. The topological polar surface area (TPSA) is 42.2 Å². The Hall–Kier alpha value is -0.610. The van der Waals surface area contributed by atoms with Crippen molar-refractivity contribution in [1.29, 1.82) is 0 Å². The molecule has 4 heteroatoms. The van der Waals surface area contributed by atoms with Crippen molar-refractivity contribution in [1.82, 2.24) is 4.98 Å². The van der Waals surface area contributed by atoms with E-state index in [2.05, 4.69) is 4.98 Å². The van der Waals surface area contributed by atoms with Crippen molar-refractivity contribution in [2.45, 2.75) is 24.8 Å². The average molecular weight is 197 g/mol. The molecule has 1 heterocycles.